The molecule has 0 radical (unpaired) electrons. The van der Waals surface area contributed by atoms with Gasteiger partial charge in [-0.15, -0.1) is 0 Å². The number of para-hydroxylation sites is 2. The molecule has 0 spiro atoms. The molecule has 0 aliphatic carbocycles. The summed E-state index contributed by atoms with van der Waals surface area (Å²) in [7, 11) is 2.15. The van der Waals surface area contributed by atoms with Gasteiger partial charge in [-0.3, -0.25) is 0 Å². The van der Waals surface area contributed by atoms with Crippen molar-refractivity contribution in [1.82, 2.24) is 9.13 Å². The first kappa shape index (κ1) is 16.7. The first-order valence-electron chi connectivity index (χ1n) is 10.7. The van der Waals surface area contributed by atoms with Crippen molar-refractivity contribution in [3.05, 3.63) is 103 Å². The highest BCUT2D eigenvalue weighted by atomic mass is 15.0. The van der Waals surface area contributed by atoms with Crippen molar-refractivity contribution in [2.45, 2.75) is 0 Å². The zero-order valence-electron chi connectivity index (χ0n) is 17.2. The molecular formula is C29H20N2. The van der Waals surface area contributed by atoms with Gasteiger partial charge in [0.15, 0.2) is 0 Å². The molecule has 0 fully saturated rings. The summed E-state index contributed by atoms with van der Waals surface area (Å²) in [5.74, 6) is 0. The quantitative estimate of drug-likeness (QED) is 0.271. The van der Waals surface area contributed by atoms with Crippen LogP contribution in [0.25, 0.3) is 60.1 Å². The van der Waals surface area contributed by atoms with Gasteiger partial charge in [-0.2, -0.15) is 0 Å². The summed E-state index contributed by atoms with van der Waals surface area (Å²) in [6, 6.07) is 37.5. The molecule has 5 aromatic carbocycles. The van der Waals surface area contributed by atoms with Gasteiger partial charge in [-0.25, -0.2) is 0 Å². The van der Waals surface area contributed by atoms with Gasteiger partial charge in [-0.1, -0.05) is 66.7 Å². The number of fused-ring (bicyclic) bond motifs is 8. The van der Waals surface area contributed by atoms with E-state index in [0.717, 1.165) is 0 Å². The Kier molecular flexibility index (Phi) is 3.23. The average molecular weight is 396 g/mol. The maximum atomic E-state index is 2.42. The minimum absolute atomic E-state index is 1.20. The van der Waals surface area contributed by atoms with Crippen LogP contribution in [0.5, 0.6) is 0 Å². The van der Waals surface area contributed by atoms with Crippen molar-refractivity contribution in [3.63, 3.8) is 0 Å². The first-order chi connectivity index (χ1) is 15.3. The summed E-state index contributed by atoms with van der Waals surface area (Å²) in [4.78, 5) is 0. The van der Waals surface area contributed by atoms with E-state index in [1.165, 1.54) is 60.1 Å². The number of hydrogen-bond donors (Lipinski definition) is 0. The topological polar surface area (TPSA) is 9.86 Å². The van der Waals surface area contributed by atoms with E-state index in [9.17, 15) is 0 Å². The first-order valence-corrected chi connectivity index (χ1v) is 10.7. The van der Waals surface area contributed by atoms with Crippen LogP contribution in [0.4, 0.5) is 0 Å². The summed E-state index contributed by atoms with van der Waals surface area (Å²) >= 11 is 0. The zero-order chi connectivity index (χ0) is 20.5. The van der Waals surface area contributed by atoms with E-state index in [-0.39, 0.29) is 0 Å². The molecule has 0 N–H and O–H groups in total. The highest BCUT2D eigenvalue weighted by Crippen LogP contribution is 2.38. The molecule has 0 unspecified atom stereocenters. The molecule has 0 bridgehead atoms. The number of hydrogen-bond acceptors (Lipinski definition) is 0. The lowest BCUT2D eigenvalue weighted by atomic mass is 10.0. The third kappa shape index (κ3) is 2.17. The fourth-order valence-corrected chi connectivity index (χ4v) is 5.31. The number of rotatable bonds is 1. The van der Waals surface area contributed by atoms with Crippen LogP contribution in [0, 0.1) is 0 Å². The Morgan fingerprint density at radius 3 is 2.00 bits per heavy atom. The van der Waals surface area contributed by atoms with Gasteiger partial charge in [0, 0.05) is 45.3 Å². The fourth-order valence-electron chi connectivity index (χ4n) is 5.31. The van der Waals surface area contributed by atoms with E-state index in [2.05, 4.69) is 119 Å². The number of aromatic nitrogens is 2. The van der Waals surface area contributed by atoms with Crippen LogP contribution in [-0.2, 0) is 7.05 Å². The van der Waals surface area contributed by atoms with Crippen molar-refractivity contribution in [3.8, 4) is 5.69 Å². The maximum absolute atomic E-state index is 2.42. The molecule has 0 saturated carbocycles. The van der Waals surface area contributed by atoms with Crippen molar-refractivity contribution in [1.29, 1.82) is 0 Å². The molecule has 146 valence electrons. The Balaban J connectivity index is 1.65. The average Bonchev–Trinajstić information content (AvgIpc) is 3.32. The second-order valence-electron chi connectivity index (χ2n) is 8.31. The highest BCUT2D eigenvalue weighted by Gasteiger charge is 2.16. The Morgan fingerprint density at radius 1 is 0.484 bits per heavy atom. The van der Waals surface area contributed by atoms with Crippen LogP contribution >= 0.6 is 0 Å². The van der Waals surface area contributed by atoms with Gasteiger partial charge >= 0.3 is 0 Å². The molecular weight excluding hydrogens is 376 g/mol. The molecule has 2 nitrogen and oxygen atoms in total. The third-order valence-corrected chi connectivity index (χ3v) is 6.72. The molecule has 0 aliphatic rings. The largest absolute Gasteiger partial charge is 0.344 e. The van der Waals surface area contributed by atoms with E-state index < -0.39 is 0 Å². The predicted molar refractivity (Wildman–Crippen MR) is 132 cm³/mol. The van der Waals surface area contributed by atoms with Crippen molar-refractivity contribution in [2.75, 3.05) is 0 Å². The number of benzene rings is 5. The van der Waals surface area contributed by atoms with E-state index >= 15 is 0 Å². The standard InChI is InChI=1S/C29H20N2/c1-30-25-12-6-4-10-22(25)24-18-20(15-17-26(24)30)31-27-13-7-5-11-23(27)29-21-9-3-2-8-19(21)14-16-28(29)31/h2-18H,1H3. The van der Waals surface area contributed by atoms with Crippen molar-refractivity contribution in [2.24, 2.45) is 7.05 Å². The Labute approximate surface area is 179 Å². The van der Waals surface area contributed by atoms with Crippen LogP contribution in [0.1, 0.15) is 0 Å². The molecule has 0 aliphatic heterocycles. The minimum atomic E-state index is 1.20. The predicted octanol–water partition coefficient (Wildman–Crippen LogP) is 7.58. The normalized spacial score (nSPS) is 12.0. The van der Waals surface area contributed by atoms with Crippen LogP contribution in [0.15, 0.2) is 103 Å². The lowest BCUT2D eigenvalue weighted by Crippen LogP contribution is -1.94. The SMILES string of the molecule is Cn1c2ccccc2c2cc(-n3c4ccccc4c4c5ccccc5ccc43)ccc21. The minimum Gasteiger partial charge on any atom is -0.344 e. The second-order valence-corrected chi connectivity index (χ2v) is 8.31. The van der Waals surface area contributed by atoms with Gasteiger partial charge in [0.05, 0.1) is 11.0 Å². The highest BCUT2D eigenvalue weighted by molar-refractivity contribution is 6.21. The Hall–Kier alpha value is -4.04. The molecule has 0 amide bonds. The van der Waals surface area contributed by atoms with E-state index in [4.69, 9.17) is 0 Å². The summed E-state index contributed by atoms with van der Waals surface area (Å²) in [5.41, 5.74) is 6.22. The Morgan fingerprint density at radius 2 is 1.13 bits per heavy atom. The summed E-state index contributed by atoms with van der Waals surface area (Å²) in [5, 5.41) is 7.80. The molecule has 2 heteroatoms. The lowest BCUT2D eigenvalue weighted by molar-refractivity contribution is 1.01. The lowest BCUT2D eigenvalue weighted by Gasteiger charge is -2.09. The molecule has 0 saturated heterocycles. The van der Waals surface area contributed by atoms with Gasteiger partial charge < -0.3 is 9.13 Å². The van der Waals surface area contributed by atoms with Gasteiger partial charge in [-0.05, 0) is 47.2 Å². The monoisotopic (exact) mass is 396 g/mol. The third-order valence-electron chi connectivity index (χ3n) is 6.72. The van der Waals surface area contributed by atoms with Crippen LogP contribution in [0.3, 0.4) is 0 Å². The fraction of sp³-hybridized carbons (Fsp3) is 0.0345. The maximum Gasteiger partial charge on any atom is 0.0547 e. The summed E-state index contributed by atoms with van der Waals surface area (Å²) in [6.45, 7) is 0. The van der Waals surface area contributed by atoms with Gasteiger partial charge in [0.25, 0.3) is 0 Å². The van der Waals surface area contributed by atoms with E-state index in [0.29, 0.717) is 0 Å². The van der Waals surface area contributed by atoms with Crippen LogP contribution in [0.2, 0.25) is 0 Å². The van der Waals surface area contributed by atoms with E-state index in [1.807, 2.05) is 0 Å². The van der Waals surface area contributed by atoms with Gasteiger partial charge in [0.1, 0.15) is 0 Å². The summed E-state index contributed by atoms with van der Waals surface area (Å²) < 4.78 is 4.70. The van der Waals surface area contributed by atoms with Crippen LogP contribution in [-0.4, -0.2) is 9.13 Å². The molecule has 2 aromatic heterocycles. The van der Waals surface area contributed by atoms with Crippen molar-refractivity contribution >= 4 is 54.4 Å². The van der Waals surface area contributed by atoms with Crippen LogP contribution < -0.4 is 0 Å². The molecule has 7 rings (SSSR count). The Bertz CT molecular complexity index is 1800. The summed E-state index contributed by atoms with van der Waals surface area (Å²) in [6.07, 6.45) is 0. The van der Waals surface area contributed by atoms with Gasteiger partial charge in [0.2, 0.25) is 0 Å². The van der Waals surface area contributed by atoms with E-state index in [1.54, 1.807) is 0 Å². The molecule has 7 aromatic rings. The van der Waals surface area contributed by atoms with Crippen molar-refractivity contribution < 1.29 is 0 Å². The molecule has 2 heterocycles. The number of aryl methyl sites for hydroxylation is 1. The number of nitrogens with zero attached hydrogens (tertiary/aromatic N) is 2. The smallest absolute Gasteiger partial charge is 0.0547 e. The molecule has 31 heavy (non-hydrogen) atoms. The zero-order valence-corrected chi connectivity index (χ0v) is 17.2. The molecule has 0 atom stereocenters. The second kappa shape index (κ2) is 5.99.